The Hall–Kier alpha value is -2.65. The molecule has 1 fully saturated rings. The smallest absolute Gasteiger partial charge is 0.199 e. The molecule has 0 atom stereocenters. The average molecular weight is 323 g/mol. The molecule has 1 aromatic rings. The van der Waals surface area contributed by atoms with Crippen LogP contribution in [0.4, 0.5) is 0 Å². The number of guanidine groups is 1. The molecule has 2 aliphatic rings. The van der Waals surface area contributed by atoms with Gasteiger partial charge in [-0.05, 0) is 43.4 Å². The molecule has 1 saturated heterocycles. The van der Waals surface area contributed by atoms with E-state index in [1.807, 2.05) is 31.3 Å². The Bertz CT molecular complexity index is 709. The number of aliphatic imine (C=N–C) groups is 1. The maximum Gasteiger partial charge on any atom is 0.199 e. The van der Waals surface area contributed by atoms with Gasteiger partial charge >= 0.3 is 0 Å². The van der Waals surface area contributed by atoms with E-state index in [0.29, 0.717) is 23.1 Å². The highest BCUT2D eigenvalue weighted by Crippen LogP contribution is 2.21. The fourth-order valence-corrected chi connectivity index (χ4v) is 2.75. The molecule has 2 N–H and O–H groups in total. The van der Waals surface area contributed by atoms with Gasteiger partial charge in [0.25, 0.3) is 0 Å². The first kappa shape index (κ1) is 16.2. The van der Waals surface area contributed by atoms with Crippen molar-refractivity contribution in [3.63, 3.8) is 0 Å². The molecule has 6 heteroatoms. The summed E-state index contributed by atoms with van der Waals surface area (Å²) in [6.07, 6.45) is 5.65. The van der Waals surface area contributed by atoms with Gasteiger partial charge < -0.3 is 15.4 Å². The molecule has 3 heterocycles. The van der Waals surface area contributed by atoms with Crippen molar-refractivity contribution in [1.29, 1.82) is 5.26 Å². The summed E-state index contributed by atoms with van der Waals surface area (Å²) in [5, 5.41) is 16.0. The third-order valence-corrected chi connectivity index (χ3v) is 4.19. The minimum atomic E-state index is 0.518. The average Bonchev–Trinajstić information content (AvgIpc) is 2.64. The van der Waals surface area contributed by atoms with Crippen LogP contribution < -0.4 is 10.6 Å². The third kappa shape index (κ3) is 3.81. The molecule has 0 unspecified atom stereocenters. The van der Waals surface area contributed by atoms with Crippen molar-refractivity contribution in [2.75, 3.05) is 19.8 Å². The van der Waals surface area contributed by atoms with Crippen LogP contribution in [0.3, 0.4) is 0 Å². The van der Waals surface area contributed by atoms with E-state index in [0.717, 1.165) is 43.9 Å². The number of rotatable bonds is 3. The Morgan fingerprint density at radius 2 is 2.25 bits per heavy atom. The molecule has 0 saturated carbocycles. The Balaban J connectivity index is 1.81. The molecule has 0 aromatic carbocycles. The van der Waals surface area contributed by atoms with Crippen LogP contribution in [-0.2, 0) is 4.74 Å². The number of nitrogens with one attached hydrogen (secondary N) is 2. The van der Waals surface area contributed by atoms with Gasteiger partial charge in [0, 0.05) is 32.2 Å². The summed E-state index contributed by atoms with van der Waals surface area (Å²) >= 11 is 0. The molecule has 1 aromatic heterocycles. The predicted octanol–water partition coefficient (Wildman–Crippen LogP) is 2.20. The van der Waals surface area contributed by atoms with E-state index in [9.17, 15) is 5.26 Å². The molecule has 0 bridgehead atoms. The maximum absolute atomic E-state index is 9.58. The topological polar surface area (TPSA) is 82.3 Å². The van der Waals surface area contributed by atoms with Gasteiger partial charge in [0.2, 0.25) is 0 Å². The van der Waals surface area contributed by atoms with E-state index in [1.165, 1.54) is 0 Å². The van der Waals surface area contributed by atoms with Crippen molar-refractivity contribution in [2.45, 2.75) is 19.8 Å². The fourth-order valence-electron chi connectivity index (χ4n) is 2.75. The summed E-state index contributed by atoms with van der Waals surface area (Å²) in [6, 6.07) is 7.81. The zero-order valence-electron chi connectivity index (χ0n) is 13.7. The summed E-state index contributed by atoms with van der Waals surface area (Å²) in [7, 11) is 0. The molecule has 124 valence electrons. The fraction of sp³-hybridized carbons (Fsp3) is 0.389. The van der Waals surface area contributed by atoms with Crippen LogP contribution in [0.5, 0.6) is 0 Å². The third-order valence-electron chi connectivity index (χ3n) is 4.19. The second-order valence-corrected chi connectivity index (χ2v) is 5.92. The van der Waals surface area contributed by atoms with Crippen molar-refractivity contribution in [2.24, 2.45) is 10.9 Å². The highest BCUT2D eigenvalue weighted by atomic mass is 16.5. The number of allylic oxidation sites excluding steroid dienone is 2. The quantitative estimate of drug-likeness (QED) is 0.833. The van der Waals surface area contributed by atoms with Gasteiger partial charge in [0.05, 0.1) is 11.4 Å². The molecule has 0 spiro atoms. The number of nitriles is 1. The van der Waals surface area contributed by atoms with Crippen molar-refractivity contribution >= 4 is 11.5 Å². The molecule has 6 nitrogen and oxygen atoms in total. The van der Waals surface area contributed by atoms with Gasteiger partial charge in [-0.3, -0.25) is 9.98 Å². The standard InChI is InChI=1S/C18H21N5O/c1-13-11-21-18(22-12-14-5-8-24-9-6-14)23-17(13)15(10-19)16-4-2-3-7-20-16/h2-4,7,11,14H,5-6,8-9,12H2,1H3,(H2,21,22,23). The molecular weight excluding hydrogens is 302 g/mol. The SMILES string of the molecule is CC1=CNC(=NCC2CCOCC2)NC1=C(C#N)c1ccccn1. The lowest BCUT2D eigenvalue weighted by Gasteiger charge is -2.23. The summed E-state index contributed by atoms with van der Waals surface area (Å²) in [4.78, 5) is 8.91. The first-order chi connectivity index (χ1) is 11.8. The lowest BCUT2D eigenvalue weighted by atomic mass is 10.0. The molecule has 2 aliphatic heterocycles. The molecule has 0 radical (unpaired) electrons. The molecular formula is C18H21N5O. The highest BCUT2D eigenvalue weighted by molar-refractivity contribution is 5.90. The monoisotopic (exact) mass is 323 g/mol. The van der Waals surface area contributed by atoms with Crippen molar-refractivity contribution in [3.8, 4) is 6.07 Å². The number of aromatic nitrogens is 1. The minimum absolute atomic E-state index is 0.518. The van der Waals surface area contributed by atoms with Gasteiger partial charge in [-0.2, -0.15) is 5.26 Å². The second-order valence-electron chi connectivity index (χ2n) is 5.92. The number of nitrogens with zero attached hydrogens (tertiary/aromatic N) is 3. The zero-order chi connectivity index (χ0) is 16.8. The van der Waals surface area contributed by atoms with Crippen LogP contribution in [0, 0.1) is 17.2 Å². The largest absolute Gasteiger partial charge is 0.381 e. The number of hydrogen-bond donors (Lipinski definition) is 2. The Kier molecular flexibility index (Phi) is 5.24. The zero-order valence-corrected chi connectivity index (χ0v) is 13.7. The molecule has 24 heavy (non-hydrogen) atoms. The molecule has 0 amide bonds. The van der Waals surface area contributed by atoms with E-state index in [4.69, 9.17) is 4.74 Å². The van der Waals surface area contributed by atoms with Crippen LogP contribution in [0.25, 0.3) is 5.57 Å². The van der Waals surface area contributed by atoms with E-state index < -0.39 is 0 Å². The summed E-state index contributed by atoms with van der Waals surface area (Å²) in [6.45, 7) is 4.34. The van der Waals surface area contributed by atoms with Gasteiger partial charge in [-0.25, -0.2) is 0 Å². The van der Waals surface area contributed by atoms with Gasteiger partial charge in [0.15, 0.2) is 5.96 Å². The van der Waals surface area contributed by atoms with Gasteiger partial charge in [0.1, 0.15) is 11.6 Å². The minimum Gasteiger partial charge on any atom is -0.381 e. The number of pyridine rings is 1. The van der Waals surface area contributed by atoms with Crippen molar-refractivity contribution in [1.82, 2.24) is 15.6 Å². The lowest BCUT2D eigenvalue weighted by Crippen LogP contribution is -2.39. The highest BCUT2D eigenvalue weighted by Gasteiger charge is 2.18. The first-order valence-electron chi connectivity index (χ1n) is 8.16. The summed E-state index contributed by atoms with van der Waals surface area (Å²) in [5.41, 5.74) is 2.87. The van der Waals surface area contributed by atoms with E-state index in [-0.39, 0.29) is 0 Å². The van der Waals surface area contributed by atoms with Gasteiger partial charge in [-0.1, -0.05) is 6.07 Å². The van der Waals surface area contributed by atoms with Crippen LogP contribution in [0.2, 0.25) is 0 Å². The summed E-state index contributed by atoms with van der Waals surface area (Å²) in [5.74, 6) is 1.23. The van der Waals surface area contributed by atoms with E-state index in [2.05, 4.69) is 26.7 Å². The van der Waals surface area contributed by atoms with Crippen LogP contribution >= 0.6 is 0 Å². The van der Waals surface area contributed by atoms with Gasteiger partial charge in [-0.15, -0.1) is 0 Å². The molecule has 3 rings (SSSR count). The Morgan fingerprint density at radius 3 is 2.96 bits per heavy atom. The van der Waals surface area contributed by atoms with E-state index >= 15 is 0 Å². The number of hydrogen-bond acceptors (Lipinski definition) is 4. The van der Waals surface area contributed by atoms with Crippen LogP contribution in [0.15, 0.2) is 46.9 Å². The summed E-state index contributed by atoms with van der Waals surface area (Å²) < 4.78 is 5.38. The van der Waals surface area contributed by atoms with Crippen LogP contribution in [0.1, 0.15) is 25.5 Å². The van der Waals surface area contributed by atoms with Crippen molar-refractivity contribution < 1.29 is 4.74 Å². The predicted molar refractivity (Wildman–Crippen MR) is 92.6 cm³/mol. The van der Waals surface area contributed by atoms with Crippen molar-refractivity contribution in [3.05, 3.63) is 47.6 Å². The second kappa shape index (κ2) is 7.75. The van der Waals surface area contributed by atoms with Crippen LogP contribution in [-0.4, -0.2) is 30.7 Å². The Morgan fingerprint density at radius 1 is 1.42 bits per heavy atom. The molecule has 0 aliphatic carbocycles. The number of ether oxygens (including phenoxy) is 1. The maximum atomic E-state index is 9.58. The van der Waals surface area contributed by atoms with E-state index in [1.54, 1.807) is 6.20 Å². The lowest BCUT2D eigenvalue weighted by molar-refractivity contribution is 0.0689. The Labute approximate surface area is 142 Å². The normalized spacial score (nSPS) is 22.2. The first-order valence-corrected chi connectivity index (χ1v) is 8.16.